The molecule has 0 aromatic heterocycles. The summed E-state index contributed by atoms with van der Waals surface area (Å²) in [5, 5.41) is 7.25. The van der Waals surface area contributed by atoms with E-state index in [4.69, 9.17) is 0 Å². The number of Topliss-reactive ketones (excluding diaryl/α,β-unsaturated/α-hetero) is 2. The molecular formula is C14H20N2O2. The van der Waals surface area contributed by atoms with Crippen LogP contribution in [0.25, 0.3) is 0 Å². The lowest BCUT2D eigenvalue weighted by Crippen LogP contribution is -2.54. The molecule has 0 aromatic rings. The zero-order valence-corrected chi connectivity index (χ0v) is 10.5. The molecule has 0 radical (unpaired) electrons. The fourth-order valence-electron chi connectivity index (χ4n) is 4.83. The van der Waals surface area contributed by atoms with Gasteiger partial charge in [-0.25, -0.2) is 0 Å². The minimum absolute atomic E-state index is 0.103. The smallest absolute Gasteiger partial charge is 0.138 e. The van der Waals surface area contributed by atoms with Crippen LogP contribution in [0.2, 0.25) is 0 Å². The number of hydrogen-bond donors (Lipinski definition) is 2. The summed E-state index contributed by atoms with van der Waals surface area (Å²) in [5.41, 5.74) is 0. The van der Waals surface area contributed by atoms with Crippen LogP contribution >= 0.6 is 0 Å². The molecule has 6 unspecified atom stereocenters. The van der Waals surface area contributed by atoms with E-state index in [1.54, 1.807) is 0 Å². The van der Waals surface area contributed by atoms with Gasteiger partial charge < -0.3 is 10.6 Å². The summed E-state index contributed by atoms with van der Waals surface area (Å²) >= 11 is 0. The van der Waals surface area contributed by atoms with E-state index in [0.717, 1.165) is 25.8 Å². The maximum absolute atomic E-state index is 12.4. The van der Waals surface area contributed by atoms with E-state index < -0.39 is 0 Å². The number of fused-ring (bicyclic) bond motifs is 5. The fraction of sp³-hybridized carbons (Fsp3) is 0.857. The lowest BCUT2D eigenvalue weighted by Gasteiger charge is -2.36. The van der Waals surface area contributed by atoms with Gasteiger partial charge in [-0.2, -0.15) is 0 Å². The van der Waals surface area contributed by atoms with Gasteiger partial charge in [0.15, 0.2) is 0 Å². The average Bonchev–Trinajstić information content (AvgIpc) is 2.91. The highest BCUT2D eigenvalue weighted by molar-refractivity contribution is 5.86. The van der Waals surface area contributed by atoms with Gasteiger partial charge in [0, 0.05) is 43.3 Å². The maximum Gasteiger partial charge on any atom is 0.138 e. The first-order chi connectivity index (χ1) is 8.74. The van der Waals surface area contributed by atoms with Gasteiger partial charge in [0.25, 0.3) is 0 Å². The van der Waals surface area contributed by atoms with Gasteiger partial charge in [-0.05, 0) is 31.2 Å². The number of carbonyl (C=O) groups excluding carboxylic acids is 2. The minimum atomic E-state index is 0.103. The molecule has 6 atom stereocenters. The molecular weight excluding hydrogens is 228 g/mol. The van der Waals surface area contributed by atoms with Crippen molar-refractivity contribution in [3.8, 4) is 0 Å². The van der Waals surface area contributed by atoms with Crippen molar-refractivity contribution in [3.05, 3.63) is 0 Å². The average molecular weight is 248 g/mol. The molecule has 2 saturated carbocycles. The Balaban J connectivity index is 1.65. The van der Waals surface area contributed by atoms with Gasteiger partial charge in [-0.1, -0.05) is 0 Å². The summed E-state index contributed by atoms with van der Waals surface area (Å²) in [6.45, 7) is 1.04. The zero-order chi connectivity index (χ0) is 12.3. The number of hydrogen-bond acceptors (Lipinski definition) is 4. The summed E-state index contributed by atoms with van der Waals surface area (Å²) in [7, 11) is 0. The van der Waals surface area contributed by atoms with Crippen LogP contribution in [0.5, 0.6) is 0 Å². The molecule has 0 bridgehead atoms. The molecule has 4 heteroatoms. The third kappa shape index (κ3) is 1.45. The SMILES string of the molecule is O=C1CCC2NC3C4NCCC4CC(=O)C3C2C1. The Morgan fingerprint density at radius 3 is 2.83 bits per heavy atom. The number of carbonyl (C=O) groups is 2. The van der Waals surface area contributed by atoms with E-state index in [-0.39, 0.29) is 11.8 Å². The molecule has 4 fully saturated rings. The molecule has 98 valence electrons. The molecule has 4 rings (SSSR count). The van der Waals surface area contributed by atoms with Crippen LogP contribution in [0, 0.1) is 17.8 Å². The van der Waals surface area contributed by atoms with Crippen molar-refractivity contribution in [1.29, 1.82) is 0 Å². The van der Waals surface area contributed by atoms with Crippen LogP contribution in [0.3, 0.4) is 0 Å². The summed E-state index contributed by atoms with van der Waals surface area (Å²) in [6, 6.07) is 1.16. The molecule has 2 N–H and O–H groups in total. The Bertz CT molecular complexity index is 409. The third-order valence-corrected chi connectivity index (χ3v) is 5.59. The van der Waals surface area contributed by atoms with E-state index in [2.05, 4.69) is 10.6 Å². The second kappa shape index (κ2) is 3.87. The largest absolute Gasteiger partial charge is 0.312 e. The first-order valence-electron chi connectivity index (χ1n) is 7.28. The highest BCUT2D eigenvalue weighted by Crippen LogP contribution is 2.44. The predicted octanol–water partition coefficient (Wildman–Crippen LogP) is 0.263. The fourth-order valence-corrected chi connectivity index (χ4v) is 4.83. The van der Waals surface area contributed by atoms with Gasteiger partial charge in [0.05, 0.1) is 0 Å². The van der Waals surface area contributed by atoms with Gasteiger partial charge in [0.1, 0.15) is 11.6 Å². The maximum atomic E-state index is 12.4. The van der Waals surface area contributed by atoms with Crippen molar-refractivity contribution in [2.75, 3.05) is 6.54 Å². The van der Waals surface area contributed by atoms with Crippen LogP contribution in [0.1, 0.15) is 32.1 Å². The number of ketones is 2. The number of rotatable bonds is 0. The zero-order valence-electron chi connectivity index (χ0n) is 10.5. The van der Waals surface area contributed by atoms with E-state index >= 15 is 0 Å². The quantitative estimate of drug-likeness (QED) is 0.646. The van der Waals surface area contributed by atoms with Gasteiger partial charge >= 0.3 is 0 Å². The third-order valence-electron chi connectivity index (χ3n) is 5.59. The molecule has 4 nitrogen and oxygen atoms in total. The van der Waals surface area contributed by atoms with E-state index in [1.807, 2.05) is 0 Å². The lowest BCUT2D eigenvalue weighted by atomic mass is 9.68. The Morgan fingerprint density at radius 1 is 1.06 bits per heavy atom. The summed E-state index contributed by atoms with van der Waals surface area (Å²) in [6.07, 6.45) is 4.12. The minimum Gasteiger partial charge on any atom is -0.312 e. The van der Waals surface area contributed by atoms with Crippen molar-refractivity contribution >= 4 is 11.6 Å². The molecule has 0 amide bonds. The van der Waals surface area contributed by atoms with E-state index in [0.29, 0.717) is 48.5 Å². The molecule has 2 heterocycles. The summed E-state index contributed by atoms with van der Waals surface area (Å²) < 4.78 is 0. The second-order valence-electron chi connectivity index (χ2n) is 6.47. The molecule has 0 aromatic carbocycles. The molecule has 18 heavy (non-hydrogen) atoms. The molecule has 2 saturated heterocycles. The Kier molecular flexibility index (Phi) is 2.39. The monoisotopic (exact) mass is 248 g/mol. The summed E-state index contributed by atoms with van der Waals surface area (Å²) in [4.78, 5) is 24.1. The first-order valence-corrected chi connectivity index (χ1v) is 7.28. The molecule has 2 aliphatic heterocycles. The van der Waals surface area contributed by atoms with E-state index in [1.165, 1.54) is 0 Å². The van der Waals surface area contributed by atoms with E-state index in [9.17, 15) is 9.59 Å². The van der Waals surface area contributed by atoms with Crippen LogP contribution in [0.15, 0.2) is 0 Å². The van der Waals surface area contributed by atoms with Crippen LogP contribution in [-0.4, -0.2) is 36.2 Å². The molecule has 0 spiro atoms. The normalized spacial score (nSPS) is 50.9. The van der Waals surface area contributed by atoms with Gasteiger partial charge in [-0.15, -0.1) is 0 Å². The van der Waals surface area contributed by atoms with Crippen molar-refractivity contribution in [3.63, 3.8) is 0 Å². The van der Waals surface area contributed by atoms with Crippen molar-refractivity contribution in [1.82, 2.24) is 10.6 Å². The Hall–Kier alpha value is -0.740. The van der Waals surface area contributed by atoms with Gasteiger partial charge in [-0.3, -0.25) is 9.59 Å². The topological polar surface area (TPSA) is 58.2 Å². The first kappa shape index (κ1) is 11.1. The number of nitrogens with one attached hydrogen (secondary N) is 2. The van der Waals surface area contributed by atoms with Crippen molar-refractivity contribution in [2.24, 2.45) is 17.8 Å². The lowest BCUT2D eigenvalue weighted by molar-refractivity contribution is -0.129. The second-order valence-corrected chi connectivity index (χ2v) is 6.47. The molecule has 4 aliphatic rings. The van der Waals surface area contributed by atoms with Crippen LogP contribution in [0.4, 0.5) is 0 Å². The van der Waals surface area contributed by atoms with Gasteiger partial charge in [0.2, 0.25) is 0 Å². The Labute approximate surface area is 107 Å². The standard InChI is InChI=1S/C14H20N2O2/c17-8-1-2-10-9(6-8)12-11(18)5-7-3-4-15-13(7)14(12)16-10/h7,9-10,12-16H,1-6H2. The highest BCUT2D eigenvalue weighted by atomic mass is 16.1. The Morgan fingerprint density at radius 2 is 1.94 bits per heavy atom. The van der Waals surface area contributed by atoms with Crippen LogP contribution < -0.4 is 10.6 Å². The van der Waals surface area contributed by atoms with Crippen molar-refractivity contribution < 1.29 is 9.59 Å². The van der Waals surface area contributed by atoms with Crippen molar-refractivity contribution in [2.45, 2.75) is 50.2 Å². The summed E-state index contributed by atoms with van der Waals surface area (Å²) in [5.74, 6) is 1.69. The van der Waals surface area contributed by atoms with Crippen LogP contribution in [-0.2, 0) is 9.59 Å². The highest BCUT2D eigenvalue weighted by Gasteiger charge is 2.55. The molecule has 2 aliphatic carbocycles. The predicted molar refractivity (Wildman–Crippen MR) is 66.1 cm³/mol.